The monoisotopic (exact) mass is 420 g/mol. The molecule has 29 heavy (non-hydrogen) atoms. The van der Waals surface area contributed by atoms with Gasteiger partial charge in [0.2, 0.25) is 10.0 Å². The van der Waals surface area contributed by atoms with E-state index in [1.807, 2.05) is 6.92 Å². The number of hydrogen-bond acceptors (Lipinski definition) is 6. The van der Waals surface area contributed by atoms with Crippen LogP contribution < -0.4 is 14.8 Å². The highest BCUT2D eigenvalue weighted by atomic mass is 32.2. The maximum absolute atomic E-state index is 13.1. The summed E-state index contributed by atoms with van der Waals surface area (Å²) < 4.78 is 43.5. The van der Waals surface area contributed by atoms with Gasteiger partial charge in [0.1, 0.15) is 16.4 Å². The van der Waals surface area contributed by atoms with Crippen LogP contribution in [0.15, 0.2) is 47.4 Å². The van der Waals surface area contributed by atoms with Gasteiger partial charge in [-0.3, -0.25) is 4.79 Å². The fourth-order valence-electron chi connectivity index (χ4n) is 2.99. The van der Waals surface area contributed by atoms with E-state index < -0.39 is 15.9 Å². The molecule has 1 fully saturated rings. The quantitative estimate of drug-likeness (QED) is 0.739. The second-order valence-electron chi connectivity index (χ2n) is 6.27. The molecule has 0 bridgehead atoms. The molecule has 0 unspecified atom stereocenters. The van der Waals surface area contributed by atoms with Crippen LogP contribution in [0.5, 0.6) is 11.5 Å². The topological polar surface area (TPSA) is 94.2 Å². The van der Waals surface area contributed by atoms with E-state index in [-0.39, 0.29) is 29.3 Å². The molecule has 1 N–H and O–H groups in total. The Morgan fingerprint density at radius 2 is 1.86 bits per heavy atom. The van der Waals surface area contributed by atoms with Crippen molar-refractivity contribution in [1.82, 2.24) is 4.31 Å². The molecule has 3 rings (SSSR count). The fourth-order valence-corrected chi connectivity index (χ4v) is 4.58. The fraction of sp³-hybridized carbons (Fsp3) is 0.350. The highest BCUT2D eigenvalue weighted by Crippen LogP contribution is 2.29. The van der Waals surface area contributed by atoms with E-state index in [0.717, 1.165) is 0 Å². The lowest BCUT2D eigenvalue weighted by Crippen LogP contribution is -2.40. The van der Waals surface area contributed by atoms with Crippen molar-refractivity contribution in [3.8, 4) is 11.5 Å². The van der Waals surface area contributed by atoms with Gasteiger partial charge in [0.05, 0.1) is 32.6 Å². The van der Waals surface area contributed by atoms with Crippen molar-refractivity contribution in [3.05, 3.63) is 48.0 Å². The number of nitrogens with zero attached hydrogens (tertiary/aromatic N) is 1. The second-order valence-corrected chi connectivity index (χ2v) is 8.17. The number of anilines is 1. The third kappa shape index (κ3) is 4.69. The third-order valence-corrected chi connectivity index (χ3v) is 6.37. The molecule has 0 atom stereocenters. The van der Waals surface area contributed by atoms with Gasteiger partial charge >= 0.3 is 0 Å². The number of morpholine rings is 1. The van der Waals surface area contributed by atoms with Crippen molar-refractivity contribution in [1.29, 1.82) is 0 Å². The predicted octanol–water partition coefficient (Wildman–Crippen LogP) is 2.37. The lowest BCUT2D eigenvalue weighted by atomic mass is 10.2. The number of ether oxygens (including phenoxy) is 3. The van der Waals surface area contributed by atoms with Crippen LogP contribution in [0.4, 0.5) is 5.69 Å². The minimum absolute atomic E-state index is 0.0485. The van der Waals surface area contributed by atoms with E-state index >= 15 is 0 Å². The van der Waals surface area contributed by atoms with Gasteiger partial charge in [0, 0.05) is 18.7 Å². The number of carbonyl (C=O) groups is 1. The number of hydrogen-bond donors (Lipinski definition) is 1. The Hall–Kier alpha value is -2.62. The zero-order valence-electron chi connectivity index (χ0n) is 16.4. The molecule has 1 amide bonds. The SMILES string of the molecule is CCOc1ccccc1NC(=O)c1ccc(OC)c(S(=O)(=O)N2CCOCC2)c1. The number of nitrogens with one attached hydrogen (secondary N) is 1. The minimum atomic E-state index is -3.83. The number of para-hydroxylation sites is 2. The molecular formula is C20H24N2O6S. The molecule has 156 valence electrons. The summed E-state index contributed by atoms with van der Waals surface area (Å²) in [6.45, 7) is 3.47. The molecule has 0 radical (unpaired) electrons. The molecule has 1 aliphatic rings. The molecule has 1 saturated heterocycles. The summed E-state index contributed by atoms with van der Waals surface area (Å²) in [6.07, 6.45) is 0. The average molecular weight is 420 g/mol. The second kappa shape index (κ2) is 9.25. The van der Waals surface area contributed by atoms with Crippen molar-refractivity contribution in [3.63, 3.8) is 0 Å². The summed E-state index contributed by atoms with van der Waals surface area (Å²) in [4.78, 5) is 12.7. The van der Waals surface area contributed by atoms with E-state index in [0.29, 0.717) is 31.3 Å². The Bertz CT molecular complexity index is 971. The molecule has 2 aromatic carbocycles. The van der Waals surface area contributed by atoms with Crippen LogP contribution in [-0.4, -0.2) is 58.7 Å². The van der Waals surface area contributed by atoms with Crippen LogP contribution in [-0.2, 0) is 14.8 Å². The first kappa shape index (κ1) is 21.1. The lowest BCUT2D eigenvalue weighted by molar-refractivity contribution is 0.0729. The maximum Gasteiger partial charge on any atom is 0.255 e. The average Bonchev–Trinajstić information content (AvgIpc) is 2.75. The Morgan fingerprint density at radius 3 is 2.55 bits per heavy atom. The first-order valence-corrected chi connectivity index (χ1v) is 10.7. The minimum Gasteiger partial charge on any atom is -0.495 e. The smallest absolute Gasteiger partial charge is 0.255 e. The number of methoxy groups -OCH3 is 1. The summed E-state index contributed by atoms with van der Waals surface area (Å²) in [5, 5.41) is 2.77. The number of benzene rings is 2. The first-order valence-electron chi connectivity index (χ1n) is 9.26. The first-order chi connectivity index (χ1) is 14.0. The van der Waals surface area contributed by atoms with Gasteiger partial charge < -0.3 is 19.5 Å². The van der Waals surface area contributed by atoms with E-state index in [1.165, 1.54) is 29.6 Å². The molecule has 1 aliphatic heterocycles. The van der Waals surface area contributed by atoms with E-state index in [4.69, 9.17) is 14.2 Å². The van der Waals surface area contributed by atoms with E-state index in [1.54, 1.807) is 24.3 Å². The van der Waals surface area contributed by atoms with Crippen LogP contribution in [0.3, 0.4) is 0 Å². The number of amides is 1. The Kier molecular flexibility index (Phi) is 6.73. The van der Waals surface area contributed by atoms with E-state index in [2.05, 4.69) is 5.32 Å². The summed E-state index contributed by atoms with van der Waals surface area (Å²) in [7, 11) is -2.43. The van der Waals surface area contributed by atoms with Crippen LogP contribution in [0, 0.1) is 0 Å². The van der Waals surface area contributed by atoms with Crippen LogP contribution in [0.25, 0.3) is 0 Å². The van der Waals surface area contributed by atoms with E-state index in [9.17, 15) is 13.2 Å². The highest BCUT2D eigenvalue weighted by Gasteiger charge is 2.30. The molecule has 0 aromatic heterocycles. The summed E-state index contributed by atoms with van der Waals surface area (Å²) in [6, 6.07) is 11.4. The Balaban J connectivity index is 1.91. The van der Waals surface area contributed by atoms with Crippen molar-refractivity contribution < 1.29 is 27.4 Å². The third-order valence-electron chi connectivity index (χ3n) is 4.45. The maximum atomic E-state index is 13.1. The van der Waals surface area contributed by atoms with Gasteiger partial charge in [-0.05, 0) is 37.3 Å². The van der Waals surface area contributed by atoms with Crippen LogP contribution >= 0.6 is 0 Å². The lowest BCUT2D eigenvalue weighted by Gasteiger charge is -2.26. The van der Waals surface area contributed by atoms with Gasteiger partial charge in [0.25, 0.3) is 5.91 Å². The standard InChI is InChI=1S/C20H24N2O6S/c1-3-28-17-7-5-4-6-16(17)21-20(23)15-8-9-18(26-2)19(14-15)29(24,25)22-10-12-27-13-11-22/h4-9,14H,3,10-13H2,1-2H3,(H,21,23). The van der Waals surface area contributed by atoms with Gasteiger partial charge in [-0.15, -0.1) is 0 Å². The van der Waals surface area contributed by atoms with Gasteiger partial charge in [-0.1, -0.05) is 12.1 Å². The Morgan fingerprint density at radius 1 is 1.14 bits per heavy atom. The van der Waals surface area contributed by atoms with Crippen molar-refractivity contribution in [2.45, 2.75) is 11.8 Å². The van der Waals surface area contributed by atoms with Crippen molar-refractivity contribution in [2.24, 2.45) is 0 Å². The molecule has 0 saturated carbocycles. The molecule has 9 heteroatoms. The normalized spacial score (nSPS) is 15.0. The zero-order valence-corrected chi connectivity index (χ0v) is 17.2. The van der Waals surface area contributed by atoms with Crippen molar-refractivity contribution >= 4 is 21.6 Å². The number of sulfonamides is 1. The summed E-state index contributed by atoms with van der Waals surface area (Å²) >= 11 is 0. The largest absolute Gasteiger partial charge is 0.495 e. The molecule has 8 nitrogen and oxygen atoms in total. The van der Waals surface area contributed by atoms with Gasteiger partial charge in [-0.2, -0.15) is 4.31 Å². The van der Waals surface area contributed by atoms with Gasteiger partial charge in [0.15, 0.2) is 0 Å². The Labute approximate surface area is 170 Å². The number of carbonyl (C=O) groups excluding carboxylic acids is 1. The number of rotatable bonds is 7. The van der Waals surface area contributed by atoms with Crippen LogP contribution in [0.2, 0.25) is 0 Å². The van der Waals surface area contributed by atoms with Crippen molar-refractivity contribution in [2.75, 3.05) is 45.3 Å². The van der Waals surface area contributed by atoms with Crippen LogP contribution in [0.1, 0.15) is 17.3 Å². The molecular weight excluding hydrogens is 396 g/mol. The predicted molar refractivity (Wildman–Crippen MR) is 108 cm³/mol. The highest BCUT2D eigenvalue weighted by molar-refractivity contribution is 7.89. The molecule has 2 aromatic rings. The molecule has 1 heterocycles. The summed E-state index contributed by atoms with van der Waals surface area (Å²) in [5.41, 5.74) is 0.705. The summed E-state index contributed by atoms with van der Waals surface area (Å²) in [5.74, 6) is 0.277. The zero-order chi connectivity index (χ0) is 20.9. The molecule has 0 spiro atoms. The molecule has 0 aliphatic carbocycles. The van der Waals surface area contributed by atoms with Gasteiger partial charge in [-0.25, -0.2) is 8.42 Å².